The molecule has 0 amide bonds. The molecule has 0 saturated heterocycles. The van der Waals surface area contributed by atoms with Gasteiger partial charge in [-0.1, -0.05) is 6.92 Å². The molecule has 120 valence electrons. The van der Waals surface area contributed by atoms with Crippen LogP contribution in [0.3, 0.4) is 0 Å². The number of hydrogen-bond acceptors (Lipinski definition) is 4. The predicted molar refractivity (Wildman–Crippen MR) is 87.3 cm³/mol. The summed E-state index contributed by atoms with van der Waals surface area (Å²) in [6.07, 6.45) is 5.15. The van der Waals surface area contributed by atoms with Crippen LogP contribution in [-0.2, 0) is 13.1 Å². The molecule has 2 rings (SSSR count). The van der Waals surface area contributed by atoms with Crippen LogP contribution < -0.4 is 5.32 Å². The first-order valence-corrected chi connectivity index (χ1v) is 8.20. The molecule has 4 nitrogen and oxygen atoms in total. The van der Waals surface area contributed by atoms with Crippen LogP contribution >= 0.6 is 0 Å². The molecule has 1 fully saturated rings. The van der Waals surface area contributed by atoms with Crippen molar-refractivity contribution < 1.29 is 4.42 Å². The van der Waals surface area contributed by atoms with E-state index in [1.54, 1.807) is 0 Å². The van der Waals surface area contributed by atoms with Gasteiger partial charge in [0.05, 0.1) is 13.1 Å². The molecule has 1 aliphatic rings. The van der Waals surface area contributed by atoms with Crippen molar-refractivity contribution in [1.29, 1.82) is 0 Å². The fourth-order valence-corrected chi connectivity index (χ4v) is 3.15. The van der Waals surface area contributed by atoms with Crippen LogP contribution in [0.15, 0.2) is 16.5 Å². The second kappa shape index (κ2) is 7.43. The van der Waals surface area contributed by atoms with Gasteiger partial charge < -0.3 is 14.6 Å². The van der Waals surface area contributed by atoms with E-state index >= 15 is 0 Å². The molecule has 1 aliphatic carbocycles. The van der Waals surface area contributed by atoms with E-state index in [9.17, 15) is 0 Å². The molecule has 1 saturated carbocycles. The van der Waals surface area contributed by atoms with E-state index in [0.717, 1.165) is 44.1 Å². The number of nitrogens with one attached hydrogen (secondary N) is 1. The third kappa shape index (κ3) is 4.31. The lowest BCUT2D eigenvalue weighted by Crippen LogP contribution is -2.56. The minimum Gasteiger partial charge on any atom is -0.463 e. The topological polar surface area (TPSA) is 31.6 Å². The molecule has 1 N–H and O–H groups in total. The summed E-state index contributed by atoms with van der Waals surface area (Å²) in [7, 11) is 6.61. The lowest BCUT2D eigenvalue weighted by Gasteiger charge is -2.49. The van der Waals surface area contributed by atoms with E-state index < -0.39 is 0 Å². The molecular formula is C17H31N3O. The zero-order valence-electron chi connectivity index (χ0n) is 14.1. The molecule has 0 aromatic carbocycles. The molecule has 0 radical (unpaired) electrons. The highest BCUT2D eigenvalue weighted by molar-refractivity contribution is 5.07. The van der Waals surface area contributed by atoms with Crippen LogP contribution in [0.2, 0.25) is 0 Å². The summed E-state index contributed by atoms with van der Waals surface area (Å²) in [5.74, 6) is 2.11. The molecule has 0 atom stereocenters. The Morgan fingerprint density at radius 2 is 1.90 bits per heavy atom. The van der Waals surface area contributed by atoms with Crippen molar-refractivity contribution in [2.45, 2.75) is 51.2 Å². The zero-order chi connectivity index (χ0) is 15.3. The Balaban J connectivity index is 1.81. The van der Waals surface area contributed by atoms with Crippen molar-refractivity contribution in [1.82, 2.24) is 15.1 Å². The van der Waals surface area contributed by atoms with Crippen LogP contribution in [-0.4, -0.2) is 49.6 Å². The summed E-state index contributed by atoms with van der Waals surface area (Å²) in [6, 6.07) is 4.21. The van der Waals surface area contributed by atoms with Gasteiger partial charge in [0.1, 0.15) is 11.5 Å². The van der Waals surface area contributed by atoms with E-state index in [1.807, 2.05) is 0 Å². The largest absolute Gasteiger partial charge is 0.463 e. The molecule has 1 aromatic heterocycles. The number of likely N-dealkylation sites (N-methyl/N-ethyl adjacent to an activating group) is 2. The Bertz CT molecular complexity index is 423. The first-order valence-electron chi connectivity index (χ1n) is 8.20. The highest BCUT2D eigenvalue weighted by Crippen LogP contribution is 2.36. The lowest BCUT2D eigenvalue weighted by molar-refractivity contribution is 0.0243. The Morgan fingerprint density at radius 1 is 1.19 bits per heavy atom. The van der Waals surface area contributed by atoms with E-state index in [0.29, 0.717) is 5.54 Å². The fraction of sp³-hybridized carbons (Fsp3) is 0.765. The summed E-state index contributed by atoms with van der Waals surface area (Å²) in [5, 5.41) is 3.38. The lowest BCUT2D eigenvalue weighted by atomic mass is 9.75. The van der Waals surface area contributed by atoms with Gasteiger partial charge in [0.2, 0.25) is 0 Å². The first kappa shape index (κ1) is 16.5. The Labute approximate surface area is 129 Å². The quantitative estimate of drug-likeness (QED) is 0.709. The summed E-state index contributed by atoms with van der Waals surface area (Å²) in [4.78, 5) is 4.79. The van der Waals surface area contributed by atoms with Crippen molar-refractivity contribution in [3.05, 3.63) is 23.7 Å². The number of rotatable bonds is 9. The standard InChI is InChI=1S/C17H31N3O/c1-5-11-18-12-15-7-8-16(21-15)13-20(4)14-17(19(2)3)9-6-10-17/h7-8,18H,5-6,9-14H2,1-4H3. The van der Waals surface area contributed by atoms with Gasteiger partial charge in [-0.25, -0.2) is 0 Å². The SMILES string of the molecule is CCCNCc1ccc(CN(C)CC2(N(C)C)CCC2)o1. The van der Waals surface area contributed by atoms with E-state index in [1.165, 1.54) is 19.3 Å². The smallest absolute Gasteiger partial charge is 0.118 e. The average Bonchev–Trinajstić information content (AvgIpc) is 2.81. The molecule has 1 aromatic rings. The van der Waals surface area contributed by atoms with Gasteiger partial charge in [0.25, 0.3) is 0 Å². The van der Waals surface area contributed by atoms with Crippen molar-refractivity contribution in [3.63, 3.8) is 0 Å². The molecule has 1 heterocycles. The van der Waals surface area contributed by atoms with Crippen molar-refractivity contribution in [2.24, 2.45) is 0 Å². The summed E-state index contributed by atoms with van der Waals surface area (Å²) in [6.45, 7) is 6.06. The molecule has 21 heavy (non-hydrogen) atoms. The Hall–Kier alpha value is -0.840. The van der Waals surface area contributed by atoms with Gasteiger partial charge >= 0.3 is 0 Å². The van der Waals surface area contributed by atoms with Crippen molar-refractivity contribution in [3.8, 4) is 0 Å². The monoisotopic (exact) mass is 293 g/mol. The number of nitrogens with zero attached hydrogens (tertiary/aromatic N) is 2. The molecule has 0 aliphatic heterocycles. The molecular weight excluding hydrogens is 262 g/mol. The fourth-order valence-electron chi connectivity index (χ4n) is 3.15. The second-order valence-corrected chi connectivity index (χ2v) is 6.69. The third-order valence-electron chi connectivity index (χ3n) is 4.67. The van der Waals surface area contributed by atoms with Crippen LogP contribution in [0, 0.1) is 0 Å². The van der Waals surface area contributed by atoms with Crippen LogP contribution in [0.25, 0.3) is 0 Å². The number of hydrogen-bond donors (Lipinski definition) is 1. The molecule has 0 spiro atoms. The zero-order valence-corrected chi connectivity index (χ0v) is 14.1. The predicted octanol–water partition coefficient (Wildman–Crippen LogP) is 2.70. The van der Waals surface area contributed by atoms with Gasteiger partial charge in [-0.3, -0.25) is 4.90 Å². The molecule has 0 unspecified atom stereocenters. The minimum atomic E-state index is 0.382. The first-order chi connectivity index (χ1) is 10.1. The van der Waals surface area contributed by atoms with Gasteiger partial charge in [0.15, 0.2) is 0 Å². The summed E-state index contributed by atoms with van der Waals surface area (Å²) in [5.41, 5.74) is 0.382. The maximum atomic E-state index is 5.91. The Morgan fingerprint density at radius 3 is 2.48 bits per heavy atom. The highest BCUT2D eigenvalue weighted by Gasteiger charge is 2.39. The van der Waals surface area contributed by atoms with Crippen LogP contribution in [0.4, 0.5) is 0 Å². The van der Waals surface area contributed by atoms with E-state index in [4.69, 9.17) is 4.42 Å². The highest BCUT2D eigenvalue weighted by atomic mass is 16.3. The van der Waals surface area contributed by atoms with Gasteiger partial charge in [-0.15, -0.1) is 0 Å². The summed E-state index contributed by atoms with van der Waals surface area (Å²) < 4.78 is 5.91. The third-order valence-corrected chi connectivity index (χ3v) is 4.67. The molecule has 4 heteroatoms. The normalized spacial score (nSPS) is 17.4. The van der Waals surface area contributed by atoms with E-state index in [2.05, 4.69) is 55.3 Å². The van der Waals surface area contributed by atoms with Gasteiger partial charge in [0, 0.05) is 12.1 Å². The maximum absolute atomic E-state index is 5.91. The Kier molecular flexibility index (Phi) is 5.85. The average molecular weight is 293 g/mol. The molecule has 0 bridgehead atoms. The maximum Gasteiger partial charge on any atom is 0.118 e. The van der Waals surface area contributed by atoms with Crippen molar-refractivity contribution >= 4 is 0 Å². The van der Waals surface area contributed by atoms with Gasteiger partial charge in [-0.2, -0.15) is 0 Å². The minimum absolute atomic E-state index is 0.382. The second-order valence-electron chi connectivity index (χ2n) is 6.69. The van der Waals surface area contributed by atoms with Crippen LogP contribution in [0.1, 0.15) is 44.1 Å². The van der Waals surface area contributed by atoms with Crippen LogP contribution in [0.5, 0.6) is 0 Å². The van der Waals surface area contributed by atoms with E-state index in [-0.39, 0.29) is 0 Å². The van der Waals surface area contributed by atoms with Gasteiger partial charge in [-0.05, 0) is 65.5 Å². The summed E-state index contributed by atoms with van der Waals surface area (Å²) >= 11 is 0. The number of furan rings is 1. The van der Waals surface area contributed by atoms with Crippen molar-refractivity contribution in [2.75, 3.05) is 34.2 Å².